The lowest BCUT2D eigenvalue weighted by Crippen LogP contribution is -2.48. The van der Waals surface area contributed by atoms with E-state index in [2.05, 4.69) is 0 Å². The van der Waals surface area contributed by atoms with Crippen LogP contribution >= 0.6 is 0 Å². The summed E-state index contributed by atoms with van der Waals surface area (Å²) in [5, 5.41) is 0. The fraction of sp³-hybridized carbons (Fsp3) is 1.00. The third-order valence-electron chi connectivity index (χ3n) is 1.89. The number of rotatable bonds is 4. The molecule has 0 N–H and O–H groups in total. The Morgan fingerprint density at radius 3 is 0.583 bits per heavy atom. The summed E-state index contributed by atoms with van der Waals surface area (Å²) in [6.07, 6.45) is -30.3. The van der Waals surface area contributed by atoms with Crippen molar-refractivity contribution in [1.82, 2.24) is 0 Å². The Morgan fingerprint density at radius 2 is 0.542 bits per heavy atom. The van der Waals surface area contributed by atoms with E-state index in [1.165, 1.54) is 0 Å². The van der Waals surface area contributed by atoms with Crippen LogP contribution in [0.25, 0.3) is 0 Å². The molecule has 0 aliphatic heterocycles. The highest BCUT2D eigenvalue weighted by atomic mass is 19.4. The van der Waals surface area contributed by atoms with Gasteiger partial charge in [0.1, 0.15) is 0 Å². The molecule has 148 valence electrons. The Hall–Kier alpha value is -1.12. The number of alkyl halides is 16. The Bertz CT molecular complexity index is 327. The topological polar surface area (TPSA) is 0 Å². The van der Waals surface area contributed by atoms with Crippen molar-refractivity contribution in [3.8, 4) is 0 Å². The summed E-state index contributed by atoms with van der Waals surface area (Å²) < 4.78 is 181. The lowest BCUT2D eigenvalue weighted by atomic mass is 10.2. The van der Waals surface area contributed by atoms with E-state index in [4.69, 9.17) is 0 Å². The first-order valence-corrected chi connectivity index (χ1v) is 4.94. The molecular formula is C8H4F16. The average Bonchev–Trinajstić information content (AvgIpc) is 2.34. The van der Waals surface area contributed by atoms with Crippen molar-refractivity contribution >= 4 is 0 Å². The van der Waals surface area contributed by atoms with E-state index >= 15 is 0 Å². The quantitative estimate of drug-likeness (QED) is 0.538. The van der Waals surface area contributed by atoms with Crippen LogP contribution in [0.4, 0.5) is 70.2 Å². The third kappa shape index (κ3) is 6.07. The van der Waals surface area contributed by atoms with Gasteiger partial charge in [0.05, 0.1) is 0 Å². The molecule has 0 aromatic carbocycles. The minimum absolute atomic E-state index is 4.36. The Labute approximate surface area is 121 Å². The highest BCUT2D eigenvalue weighted by molar-refractivity contribution is 4.86. The molecule has 0 saturated carbocycles. The Morgan fingerprint density at radius 1 is 0.375 bits per heavy atom. The largest absolute Gasteiger partial charge is 0.456 e. The van der Waals surface area contributed by atoms with E-state index < -0.39 is 49.4 Å². The molecule has 0 amide bonds. The summed E-state index contributed by atoms with van der Waals surface area (Å²) >= 11 is 0. The maximum absolute atomic E-state index is 11.6. The van der Waals surface area contributed by atoms with Gasteiger partial charge < -0.3 is 0 Å². The van der Waals surface area contributed by atoms with Crippen molar-refractivity contribution < 1.29 is 70.2 Å². The van der Waals surface area contributed by atoms with E-state index in [1.54, 1.807) is 0 Å². The van der Waals surface area contributed by atoms with E-state index in [-0.39, 0.29) is 0 Å². The fourth-order valence-electron chi connectivity index (χ4n) is 0.629. The van der Waals surface area contributed by atoms with Gasteiger partial charge in [0.25, 0.3) is 12.9 Å². The van der Waals surface area contributed by atoms with E-state index in [0.29, 0.717) is 0 Å². The van der Waals surface area contributed by atoms with Crippen molar-refractivity contribution in [3.05, 3.63) is 0 Å². The molecule has 24 heavy (non-hydrogen) atoms. The van der Waals surface area contributed by atoms with E-state index in [9.17, 15) is 70.2 Å². The summed E-state index contributed by atoms with van der Waals surface area (Å²) in [7, 11) is 0. The molecule has 0 nitrogen and oxygen atoms in total. The van der Waals surface area contributed by atoms with Crippen molar-refractivity contribution in [2.24, 2.45) is 0 Å². The normalized spacial score (nSPS) is 16.8. The van der Waals surface area contributed by atoms with Gasteiger partial charge in [0.2, 0.25) is 12.3 Å². The number of halogens is 16. The highest BCUT2D eigenvalue weighted by Crippen LogP contribution is 2.42. The average molecular weight is 404 g/mol. The van der Waals surface area contributed by atoms with Crippen LogP contribution in [0.15, 0.2) is 0 Å². The maximum Gasteiger partial charge on any atom is 0.456 e. The van der Waals surface area contributed by atoms with Gasteiger partial charge in [0.15, 0.2) is 0 Å². The molecule has 0 heterocycles. The SMILES string of the molecule is FC(F)C(F)C(F)(F)C(F)(F)F.FC(F)C(F)C(F)(F)C(F)(F)F. The predicted molar refractivity (Wildman–Crippen MR) is 43.8 cm³/mol. The van der Waals surface area contributed by atoms with Gasteiger partial charge in [0, 0.05) is 0 Å². The first-order chi connectivity index (χ1) is 10.2. The lowest BCUT2D eigenvalue weighted by molar-refractivity contribution is -0.314. The van der Waals surface area contributed by atoms with Crippen LogP contribution in [0.3, 0.4) is 0 Å². The molecule has 0 aromatic heterocycles. The molecule has 2 unspecified atom stereocenters. The number of hydrogen-bond donors (Lipinski definition) is 0. The van der Waals surface area contributed by atoms with Gasteiger partial charge in [-0.05, 0) is 0 Å². The van der Waals surface area contributed by atoms with Gasteiger partial charge in [-0.25, -0.2) is 26.3 Å². The second-order valence-corrected chi connectivity index (χ2v) is 3.71. The zero-order valence-electron chi connectivity index (χ0n) is 10.4. The van der Waals surface area contributed by atoms with Gasteiger partial charge in [-0.3, -0.25) is 0 Å². The molecule has 0 aromatic rings. The summed E-state index contributed by atoms with van der Waals surface area (Å²) in [6.45, 7) is 0. The maximum atomic E-state index is 11.6. The fourth-order valence-corrected chi connectivity index (χ4v) is 0.629. The first kappa shape index (κ1) is 25.1. The molecule has 16 heteroatoms. The van der Waals surface area contributed by atoms with Crippen LogP contribution in [0.1, 0.15) is 0 Å². The summed E-state index contributed by atoms with van der Waals surface area (Å²) in [5.41, 5.74) is 0. The van der Waals surface area contributed by atoms with Crippen LogP contribution in [0, 0.1) is 0 Å². The first-order valence-electron chi connectivity index (χ1n) is 4.94. The van der Waals surface area contributed by atoms with Crippen molar-refractivity contribution in [3.63, 3.8) is 0 Å². The van der Waals surface area contributed by atoms with Gasteiger partial charge in [-0.15, -0.1) is 0 Å². The van der Waals surface area contributed by atoms with Crippen LogP contribution in [0.2, 0.25) is 0 Å². The zero-order chi connectivity index (χ0) is 20.3. The van der Waals surface area contributed by atoms with Crippen molar-refractivity contribution in [1.29, 1.82) is 0 Å². The Balaban J connectivity index is 0. The van der Waals surface area contributed by atoms with Crippen LogP contribution in [-0.4, -0.2) is 49.4 Å². The van der Waals surface area contributed by atoms with E-state index in [1.807, 2.05) is 0 Å². The van der Waals surface area contributed by atoms with Crippen molar-refractivity contribution in [2.45, 2.75) is 49.4 Å². The molecule has 0 aliphatic rings. The summed E-state index contributed by atoms with van der Waals surface area (Å²) in [4.78, 5) is 0. The molecule has 0 bridgehead atoms. The van der Waals surface area contributed by atoms with Gasteiger partial charge in [-0.1, -0.05) is 0 Å². The Kier molecular flexibility index (Phi) is 8.21. The molecule has 0 saturated heterocycles. The molecule has 0 rings (SSSR count). The monoisotopic (exact) mass is 404 g/mol. The van der Waals surface area contributed by atoms with Crippen molar-refractivity contribution in [2.75, 3.05) is 0 Å². The third-order valence-corrected chi connectivity index (χ3v) is 1.89. The van der Waals surface area contributed by atoms with Crippen LogP contribution < -0.4 is 0 Å². The standard InChI is InChI=1S/2C4H2F8/c2*5-1(2(6)7)3(8,9)4(10,11)12/h2*1-2H. The second kappa shape index (κ2) is 7.84. The van der Waals surface area contributed by atoms with Gasteiger partial charge >= 0.3 is 24.2 Å². The molecule has 0 spiro atoms. The highest BCUT2D eigenvalue weighted by Gasteiger charge is 2.66. The molecular weight excluding hydrogens is 400 g/mol. The minimum atomic E-state index is -6.29. The van der Waals surface area contributed by atoms with E-state index in [0.717, 1.165) is 0 Å². The predicted octanol–water partition coefficient (Wildman–Crippen LogP) is 5.57. The molecule has 2 atom stereocenters. The second-order valence-electron chi connectivity index (χ2n) is 3.71. The summed E-state index contributed by atoms with van der Waals surface area (Å²) in [6, 6.07) is 0. The lowest BCUT2D eigenvalue weighted by Gasteiger charge is -2.22. The molecule has 0 aliphatic carbocycles. The smallest absolute Gasteiger partial charge is 0.234 e. The zero-order valence-corrected chi connectivity index (χ0v) is 10.4. The minimum Gasteiger partial charge on any atom is -0.234 e. The molecule has 0 radical (unpaired) electrons. The van der Waals surface area contributed by atoms with Crippen LogP contribution in [0.5, 0.6) is 0 Å². The van der Waals surface area contributed by atoms with Gasteiger partial charge in [-0.2, -0.15) is 43.9 Å². The van der Waals surface area contributed by atoms with Crippen LogP contribution in [-0.2, 0) is 0 Å². The number of hydrogen-bond acceptors (Lipinski definition) is 0. The molecule has 0 fully saturated rings. The summed E-state index contributed by atoms with van der Waals surface area (Å²) in [5.74, 6) is -12.0.